The number of aryl methyl sites for hydroxylation is 3. The van der Waals surface area contributed by atoms with Crippen LogP contribution >= 0.6 is 0 Å². The summed E-state index contributed by atoms with van der Waals surface area (Å²) in [6, 6.07) is 8.96. The predicted octanol–water partition coefficient (Wildman–Crippen LogP) is 3.64. The van der Waals surface area contributed by atoms with Crippen LogP contribution in [0.1, 0.15) is 69.2 Å². The number of nitrogens with zero attached hydrogens (tertiary/aromatic N) is 4. The van der Waals surface area contributed by atoms with Crippen LogP contribution in [0.3, 0.4) is 0 Å². The Hall–Kier alpha value is -2.37. The first-order valence-corrected chi connectivity index (χ1v) is 11.5. The molecule has 0 saturated carbocycles. The number of hydrogen-bond acceptors (Lipinski definition) is 3. The third-order valence-corrected chi connectivity index (χ3v) is 6.12. The zero-order chi connectivity index (χ0) is 21.4. The van der Waals surface area contributed by atoms with E-state index in [4.69, 9.17) is 0 Å². The molecule has 2 aromatic rings. The van der Waals surface area contributed by atoms with Gasteiger partial charge in [-0.3, -0.25) is 4.99 Å². The van der Waals surface area contributed by atoms with Crippen molar-refractivity contribution in [3.8, 4) is 0 Å². The van der Waals surface area contributed by atoms with Crippen molar-refractivity contribution in [2.24, 2.45) is 4.99 Å². The molecule has 164 valence electrons. The van der Waals surface area contributed by atoms with Gasteiger partial charge in [0.1, 0.15) is 11.6 Å². The van der Waals surface area contributed by atoms with Gasteiger partial charge in [-0.1, -0.05) is 51.5 Å². The number of fused-ring (bicyclic) bond motifs is 1. The van der Waals surface area contributed by atoms with Gasteiger partial charge in [0.2, 0.25) is 0 Å². The number of aromatic nitrogens is 3. The molecule has 0 saturated heterocycles. The smallest absolute Gasteiger partial charge is 0.191 e. The van der Waals surface area contributed by atoms with E-state index in [1.807, 2.05) is 7.05 Å². The molecule has 3 rings (SSSR count). The summed E-state index contributed by atoms with van der Waals surface area (Å²) in [6.45, 7) is 9.50. The molecule has 6 nitrogen and oxygen atoms in total. The molecule has 2 N–H and O–H groups in total. The van der Waals surface area contributed by atoms with Crippen molar-refractivity contribution in [2.45, 2.75) is 77.7 Å². The summed E-state index contributed by atoms with van der Waals surface area (Å²) in [5.74, 6) is 3.16. The number of rotatable bonds is 8. The SMILES string of the molecule is CCc1ccc(C(C)(C)CNC(=NC)NCCCc2nnc3n2CCCCC3)cc1. The zero-order valence-electron chi connectivity index (χ0n) is 19.2. The molecule has 0 unspecified atom stereocenters. The molecule has 1 aromatic carbocycles. The fourth-order valence-electron chi connectivity index (χ4n) is 4.00. The van der Waals surface area contributed by atoms with Gasteiger partial charge in [0, 0.05) is 44.9 Å². The van der Waals surface area contributed by atoms with Gasteiger partial charge in [0.05, 0.1) is 0 Å². The molecular weight excluding hydrogens is 372 g/mol. The molecule has 0 atom stereocenters. The van der Waals surface area contributed by atoms with Crippen LogP contribution in [0.15, 0.2) is 29.3 Å². The second-order valence-corrected chi connectivity index (χ2v) is 8.89. The van der Waals surface area contributed by atoms with Gasteiger partial charge >= 0.3 is 0 Å². The van der Waals surface area contributed by atoms with Crippen molar-refractivity contribution < 1.29 is 0 Å². The van der Waals surface area contributed by atoms with Crippen LogP contribution in [0.4, 0.5) is 0 Å². The number of guanidine groups is 1. The van der Waals surface area contributed by atoms with Crippen molar-refractivity contribution in [1.82, 2.24) is 25.4 Å². The highest BCUT2D eigenvalue weighted by Crippen LogP contribution is 2.22. The van der Waals surface area contributed by atoms with Crippen LogP contribution < -0.4 is 10.6 Å². The number of nitrogens with one attached hydrogen (secondary N) is 2. The molecule has 0 bridgehead atoms. The average molecular weight is 411 g/mol. The van der Waals surface area contributed by atoms with Crippen molar-refractivity contribution in [1.29, 1.82) is 0 Å². The highest BCUT2D eigenvalue weighted by Gasteiger charge is 2.21. The van der Waals surface area contributed by atoms with E-state index in [9.17, 15) is 0 Å². The van der Waals surface area contributed by atoms with E-state index in [1.54, 1.807) is 0 Å². The van der Waals surface area contributed by atoms with Crippen molar-refractivity contribution in [3.63, 3.8) is 0 Å². The lowest BCUT2D eigenvalue weighted by molar-refractivity contribution is 0.508. The Morgan fingerprint density at radius 2 is 1.90 bits per heavy atom. The van der Waals surface area contributed by atoms with E-state index < -0.39 is 0 Å². The van der Waals surface area contributed by atoms with E-state index in [0.717, 1.165) is 57.1 Å². The maximum atomic E-state index is 4.43. The quantitative estimate of drug-likeness (QED) is 0.396. The largest absolute Gasteiger partial charge is 0.356 e. The minimum Gasteiger partial charge on any atom is -0.356 e. The van der Waals surface area contributed by atoms with Gasteiger partial charge in [0.15, 0.2) is 5.96 Å². The first kappa shape index (κ1) is 22.3. The summed E-state index contributed by atoms with van der Waals surface area (Å²) in [7, 11) is 1.83. The summed E-state index contributed by atoms with van der Waals surface area (Å²) >= 11 is 0. The van der Waals surface area contributed by atoms with Crippen LogP contribution in [-0.2, 0) is 31.2 Å². The lowest BCUT2D eigenvalue weighted by Gasteiger charge is -2.27. The molecule has 0 radical (unpaired) electrons. The van der Waals surface area contributed by atoms with Crippen LogP contribution in [0, 0.1) is 0 Å². The minimum atomic E-state index is 0.0307. The number of benzene rings is 1. The third-order valence-electron chi connectivity index (χ3n) is 6.12. The Bertz CT molecular complexity index is 819. The van der Waals surface area contributed by atoms with Crippen molar-refractivity contribution in [2.75, 3.05) is 20.1 Å². The van der Waals surface area contributed by atoms with Crippen LogP contribution in [0.2, 0.25) is 0 Å². The molecule has 30 heavy (non-hydrogen) atoms. The van der Waals surface area contributed by atoms with Gasteiger partial charge in [-0.2, -0.15) is 0 Å². The van der Waals surface area contributed by atoms with Crippen molar-refractivity contribution >= 4 is 5.96 Å². The fraction of sp³-hybridized carbons (Fsp3) is 0.625. The Kier molecular flexibility index (Phi) is 7.88. The third kappa shape index (κ3) is 5.83. The zero-order valence-corrected chi connectivity index (χ0v) is 19.2. The predicted molar refractivity (Wildman–Crippen MR) is 124 cm³/mol. The second kappa shape index (κ2) is 10.6. The van der Waals surface area contributed by atoms with Gasteiger partial charge in [-0.25, -0.2) is 0 Å². The van der Waals surface area contributed by atoms with Crippen LogP contribution in [0.25, 0.3) is 0 Å². The van der Waals surface area contributed by atoms with Gasteiger partial charge in [0.25, 0.3) is 0 Å². The van der Waals surface area contributed by atoms with Crippen molar-refractivity contribution in [3.05, 3.63) is 47.0 Å². The average Bonchev–Trinajstić information content (AvgIpc) is 2.99. The molecule has 1 aromatic heterocycles. The standard InChI is InChI=1S/C24H38N6/c1-5-19-12-14-20(15-13-19)24(2,3)18-27-23(25-4)26-16-9-11-22-29-28-21-10-7-6-8-17-30(21)22/h12-15H,5-11,16-18H2,1-4H3,(H2,25,26,27). The second-order valence-electron chi connectivity index (χ2n) is 8.89. The summed E-state index contributed by atoms with van der Waals surface area (Å²) in [5.41, 5.74) is 2.75. The first-order chi connectivity index (χ1) is 14.5. The highest BCUT2D eigenvalue weighted by atomic mass is 15.3. The fourth-order valence-corrected chi connectivity index (χ4v) is 4.00. The van der Waals surface area contributed by atoms with Gasteiger partial charge in [-0.15, -0.1) is 10.2 Å². The highest BCUT2D eigenvalue weighted by molar-refractivity contribution is 5.79. The first-order valence-electron chi connectivity index (χ1n) is 11.5. The summed E-state index contributed by atoms with van der Waals surface area (Å²) in [6.07, 6.45) is 7.88. The normalized spacial score (nSPS) is 14.9. The minimum absolute atomic E-state index is 0.0307. The lowest BCUT2D eigenvalue weighted by atomic mass is 9.84. The van der Waals surface area contributed by atoms with E-state index in [1.165, 1.54) is 36.2 Å². The van der Waals surface area contributed by atoms with E-state index in [0.29, 0.717) is 0 Å². The summed E-state index contributed by atoms with van der Waals surface area (Å²) < 4.78 is 2.34. The summed E-state index contributed by atoms with van der Waals surface area (Å²) in [5, 5.41) is 15.8. The van der Waals surface area contributed by atoms with Crippen LogP contribution in [0.5, 0.6) is 0 Å². The Morgan fingerprint density at radius 3 is 2.63 bits per heavy atom. The monoisotopic (exact) mass is 410 g/mol. The maximum Gasteiger partial charge on any atom is 0.191 e. The maximum absolute atomic E-state index is 4.43. The van der Waals surface area contributed by atoms with Crippen LogP contribution in [-0.4, -0.2) is 40.9 Å². The van der Waals surface area contributed by atoms with E-state index in [-0.39, 0.29) is 5.41 Å². The molecule has 6 heteroatoms. The lowest BCUT2D eigenvalue weighted by Crippen LogP contribution is -2.43. The van der Waals surface area contributed by atoms with E-state index >= 15 is 0 Å². The Morgan fingerprint density at radius 1 is 1.10 bits per heavy atom. The molecular formula is C24H38N6. The molecule has 0 aliphatic carbocycles. The topological polar surface area (TPSA) is 67.1 Å². The molecule has 2 heterocycles. The molecule has 0 spiro atoms. The Balaban J connectivity index is 1.44. The summed E-state index contributed by atoms with van der Waals surface area (Å²) in [4.78, 5) is 4.39. The van der Waals surface area contributed by atoms with Gasteiger partial charge in [-0.05, 0) is 36.8 Å². The Labute approximate surface area is 181 Å². The number of aliphatic imine (C=N–C) groups is 1. The van der Waals surface area contributed by atoms with E-state index in [2.05, 4.69) is 75.4 Å². The molecule has 0 amide bonds. The molecule has 1 aliphatic heterocycles. The molecule has 1 aliphatic rings. The van der Waals surface area contributed by atoms with Gasteiger partial charge < -0.3 is 15.2 Å². The molecule has 0 fully saturated rings. The number of hydrogen-bond donors (Lipinski definition) is 2.